The van der Waals surface area contributed by atoms with Crippen molar-refractivity contribution in [1.82, 2.24) is 5.32 Å². The van der Waals surface area contributed by atoms with Crippen LogP contribution < -0.4 is 5.32 Å². The van der Waals surface area contributed by atoms with Crippen molar-refractivity contribution in [1.29, 1.82) is 0 Å². The summed E-state index contributed by atoms with van der Waals surface area (Å²) >= 11 is 0. The van der Waals surface area contributed by atoms with Gasteiger partial charge in [-0.05, 0) is 25.5 Å². The Hall–Kier alpha value is -2.21. The second-order valence-electron chi connectivity index (χ2n) is 4.07. The molecular weight excluding hydrogens is 248 g/mol. The third kappa shape index (κ3) is 4.89. The zero-order valence-corrected chi connectivity index (χ0v) is 10.6. The minimum absolute atomic E-state index is 0.00464. The Labute approximate surface area is 110 Å². The van der Waals surface area contributed by atoms with E-state index in [9.17, 15) is 14.9 Å². The van der Waals surface area contributed by atoms with Gasteiger partial charge in [0.05, 0.1) is 10.5 Å². The Balaban J connectivity index is 2.71. The van der Waals surface area contributed by atoms with Gasteiger partial charge in [-0.1, -0.05) is 12.1 Å². The van der Waals surface area contributed by atoms with Gasteiger partial charge in [-0.25, -0.2) is 0 Å². The second-order valence-corrected chi connectivity index (χ2v) is 4.07. The van der Waals surface area contributed by atoms with Crippen molar-refractivity contribution in [3.8, 4) is 0 Å². The van der Waals surface area contributed by atoms with E-state index < -0.39 is 4.92 Å². The summed E-state index contributed by atoms with van der Waals surface area (Å²) in [5.74, 6) is -0.348. The molecule has 0 aliphatic rings. The number of nitro groups is 1. The van der Waals surface area contributed by atoms with E-state index in [0.29, 0.717) is 12.0 Å². The Morgan fingerprint density at radius 2 is 2.21 bits per heavy atom. The summed E-state index contributed by atoms with van der Waals surface area (Å²) in [6.45, 7) is 1.77. The van der Waals surface area contributed by atoms with Crippen LogP contribution in [0.1, 0.15) is 18.9 Å². The molecule has 0 saturated heterocycles. The molecule has 0 aliphatic heterocycles. The summed E-state index contributed by atoms with van der Waals surface area (Å²) in [5, 5.41) is 22.1. The van der Waals surface area contributed by atoms with Gasteiger partial charge in [0.15, 0.2) is 0 Å². The van der Waals surface area contributed by atoms with Crippen molar-refractivity contribution >= 4 is 17.7 Å². The number of nitrogens with zero attached hydrogens (tertiary/aromatic N) is 1. The number of aliphatic hydroxyl groups excluding tert-OH is 1. The van der Waals surface area contributed by atoms with Crippen LogP contribution in [0.3, 0.4) is 0 Å². The Morgan fingerprint density at radius 3 is 2.84 bits per heavy atom. The molecule has 0 fully saturated rings. The fourth-order valence-electron chi connectivity index (χ4n) is 1.52. The highest BCUT2D eigenvalue weighted by Gasteiger charge is 2.10. The normalized spacial score (nSPS) is 12.3. The van der Waals surface area contributed by atoms with E-state index in [1.165, 1.54) is 18.2 Å². The zero-order chi connectivity index (χ0) is 14.3. The average molecular weight is 264 g/mol. The van der Waals surface area contributed by atoms with E-state index >= 15 is 0 Å². The van der Waals surface area contributed by atoms with Gasteiger partial charge in [0.25, 0.3) is 5.69 Å². The fraction of sp³-hybridized carbons (Fsp3) is 0.308. The maximum Gasteiger partial charge on any atom is 0.276 e. The number of carbonyl (C=O) groups is 1. The molecule has 1 amide bonds. The highest BCUT2D eigenvalue weighted by molar-refractivity contribution is 5.92. The van der Waals surface area contributed by atoms with Gasteiger partial charge in [-0.3, -0.25) is 14.9 Å². The number of hydrogen-bond donors (Lipinski definition) is 2. The molecule has 1 unspecified atom stereocenters. The van der Waals surface area contributed by atoms with Gasteiger partial charge < -0.3 is 10.4 Å². The lowest BCUT2D eigenvalue weighted by Crippen LogP contribution is -2.31. The van der Waals surface area contributed by atoms with E-state index in [1.807, 2.05) is 0 Å². The van der Waals surface area contributed by atoms with Crippen LogP contribution in [0.15, 0.2) is 30.3 Å². The maximum atomic E-state index is 11.5. The molecule has 1 aromatic rings. The van der Waals surface area contributed by atoms with Crippen LogP contribution in [0.2, 0.25) is 0 Å². The summed E-state index contributed by atoms with van der Waals surface area (Å²) in [5.41, 5.74) is 0.326. The monoisotopic (exact) mass is 264 g/mol. The third-order valence-electron chi connectivity index (χ3n) is 2.50. The first-order valence-electron chi connectivity index (χ1n) is 5.87. The number of nitrogens with one attached hydrogen (secondary N) is 1. The summed E-state index contributed by atoms with van der Waals surface area (Å²) in [6, 6.07) is 6.04. The lowest BCUT2D eigenvalue weighted by atomic mass is 10.1. The number of nitro benzene ring substituents is 1. The summed E-state index contributed by atoms with van der Waals surface area (Å²) < 4.78 is 0. The Kier molecular flexibility index (Phi) is 5.69. The van der Waals surface area contributed by atoms with E-state index in [0.717, 1.165) is 0 Å². The number of carbonyl (C=O) groups excluding carboxylic acids is 1. The summed E-state index contributed by atoms with van der Waals surface area (Å²) in [7, 11) is 0. The molecule has 1 aromatic carbocycles. The van der Waals surface area contributed by atoms with Crippen LogP contribution in [0.5, 0.6) is 0 Å². The van der Waals surface area contributed by atoms with Gasteiger partial charge in [0.2, 0.25) is 5.91 Å². The number of aliphatic hydroxyl groups is 1. The number of hydrogen-bond acceptors (Lipinski definition) is 4. The Morgan fingerprint density at radius 1 is 1.53 bits per heavy atom. The fourth-order valence-corrected chi connectivity index (χ4v) is 1.52. The molecule has 19 heavy (non-hydrogen) atoms. The van der Waals surface area contributed by atoms with Crippen LogP contribution in [-0.4, -0.2) is 28.6 Å². The number of para-hydroxylation sites is 1. The minimum Gasteiger partial charge on any atom is -0.396 e. The Bertz CT molecular complexity index is 485. The van der Waals surface area contributed by atoms with Crippen LogP contribution >= 0.6 is 0 Å². The standard InChI is InChI=1S/C13H16N2O4/c1-10(8-9-16)14-13(17)7-6-11-4-2-3-5-12(11)15(18)19/h2-7,10,16H,8-9H2,1H3,(H,14,17). The van der Waals surface area contributed by atoms with Crippen LogP contribution in [-0.2, 0) is 4.79 Å². The van der Waals surface area contributed by atoms with Crippen LogP contribution in [0.25, 0.3) is 6.08 Å². The number of amides is 1. The van der Waals surface area contributed by atoms with Crippen molar-refractivity contribution in [2.24, 2.45) is 0 Å². The van der Waals surface area contributed by atoms with Crippen LogP contribution in [0, 0.1) is 10.1 Å². The summed E-state index contributed by atoms with van der Waals surface area (Å²) in [4.78, 5) is 21.8. The molecule has 6 heteroatoms. The van der Waals surface area contributed by atoms with Crippen molar-refractivity contribution in [2.45, 2.75) is 19.4 Å². The van der Waals surface area contributed by atoms with Crippen LogP contribution in [0.4, 0.5) is 5.69 Å². The minimum atomic E-state index is -0.494. The number of rotatable bonds is 6. The molecule has 0 radical (unpaired) electrons. The molecule has 0 heterocycles. The van der Waals surface area contributed by atoms with Gasteiger partial charge in [-0.15, -0.1) is 0 Å². The quantitative estimate of drug-likeness (QED) is 0.462. The van der Waals surface area contributed by atoms with Crippen molar-refractivity contribution in [3.05, 3.63) is 46.0 Å². The van der Waals surface area contributed by atoms with Crippen molar-refractivity contribution in [2.75, 3.05) is 6.61 Å². The third-order valence-corrected chi connectivity index (χ3v) is 2.50. The highest BCUT2D eigenvalue weighted by Crippen LogP contribution is 2.18. The lowest BCUT2D eigenvalue weighted by Gasteiger charge is -2.09. The topological polar surface area (TPSA) is 92.5 Å². The van der Waals surface area contributed by atoms with Crippen molar-refractivity contribution in [3.63, 3.8) is 0 Å². The molecule has 1 atom stereocenters. The second kappa shape index (κ2) is 7.27. The largest absolute Gasteiger partial charge is 0.396 e. The average Bonchev–Trinajstić information content (AvgIpc) is 2.36. The molecule has 0 aromatic heterocycles. The smallest absolute Gasteiger partial charge is 0.276 e. The first-order valence-corrected chi connectivity index (χ1v) is 5.87. The van der Waals surface area contributed by atoms with Gasteiger partial charge >= 0.3 is 0 Å². The first kappa shape index (κ1) is 14.8. The van der Waals surface area contributed by atoms with E-state index in [2.05, 4.69) is 5.32 Å². The molecular formula is C13H16N2O4. The molecule has 0 spiro atoms. The molecule has 2 N–H and O–H groups in total. The maximum absolute atomic E-state index is 11.5. The van der Waals surface area contributed by atoms with E-state index in [4.69, 9.17) is 5.11 Å². The van der Waals surface area contributed by atoms with E-state index in [-0.39, 0.29) is 24.2 Å². The zero-order valence-electron chi connectivity index (χ0n) is 10.6. The number of benzene rings is 1. The van der Waals surface area contributed by atoms with Gasteiger partial charge in [-0.2, -0.15) is 0 Å². The molecule has 0 saturated carbocycles. The van der Waals surface area contributed by atoms with E-state index in [1.54, 1.807) is 25.1 Å². The van der Waals surface area contributed by atoms with Gasteiger partial charge in [0, 0.05) is 24.8 Å². The molecule has 102 valence electrons. The molecule has 0 aliphatic carbocycles. The van der Waals surface area contributed by atoms with Crippen molar-refractivity contribution < 1.29 is 14.8 Å². The molecule has 0 bridgehead atoms. The SMILES string of the molecule is CC(CCO)NC(=O)C=Cc1ccccc1[N+](=O)[O-]. The summed E-state index contributed by atoms with van der Waals surface area (Å²) in [6.07, 6.45) is 3.11. The lowest BCUT2D eigenvalue weighted by molar-refractivity contribution is -0.385. The first-order chi connectivity index (χ1) is 9.04. The highest BCUT2D eigenvalue weighted by atomic mass is 16.6. The molecule has 1 rings (SSSR count). The predicted molar refractivity (Wildman–Crippen MR) is 71.4 cm³/mol. The molecule has 6 nitrogen and oxygen atoms in total. The van der Waals surface area contributed by atoms with Gasteiger partial charge in [0.1, 0.15) is 0 Å². The predicted octanol–water partition coefficient (Wildman–Crippen LogP) is 1.50.